The average molecular weight is 337 g/mol. The Morgan fingerprint density at radius 2 is 1.83 bits per heavy atom. The lowest BCUT2D eigenvalue weighted by molar-refractivity contribution is 0.431. The third-order valence-electron chi connectivity index (χ3n) is 5.98. The molecule has 0 radical (unpaired) electrons. The van der Waals surface area contributed by atoms with E-state index < -0.39 is 0 Å². The first-order chi connectivity index (χ1) is 11.2. The Labute approximate surface area is 152 Å². The van der Waals surface area contributed by atoms with Crippen molar-refractivity contribution in [2.75, 3.05) is 0 Å². The van der Waals surface area contributed by atoms with Gasteiger partial charge in [0.05, 0.1) is 4.86 Å². The highest BCUT2D eigenvalue weighted by Gasteiger charge is 2.33. The molecule has 24 heavy (non-hydrogen) atoms. The van der Waals surface area contributed by atoms with E-state index in [1.807, 2.05) is 0 Å². The summed E-state index contributed by atoms with van der Waals surface area (Å²) in [6.07, 6.45) is 3.65. The molecular weight excluding hydrogens is 308 g/mol. The first kappa shape index (κ1) is 17.4. The lowest BCUT2D eigenvalue weighted by atomic mass is 9.68. The summed E-state index contributed by atoms with van der Waals surface area (Å²) in [5.74, 6) is 0. The van der Waals surface area contributed by atoms with Gasteiger partial charge in [0.1, 0.15) is 0 Å². The SMILES string of the molecule is C=C1C(=S)C(C(C)=C(C)C)=C(C)c2ccc3c(c21)CCCC3(C)C. The van der Waals surface area contributed by atoms with Crippen molar-refractivity contribution in [3.05, 3.63) is 57.7 Å². The predicted octanol–water partition coefficient (Wildman–Crippen LogP) is 6.83. The maximum absolute atomic E-state index is 5.87. The molecule has 0 amide bonds. The molecule has 126 valence electrons. The van der Waals surface area contributed by atoms with Gasteiger partial charge in [-0.05, 0) is 96.9 Å². The van der Waals surface area contributed by atoms with Crippen LogP contribution in [0.4, 0.5) is 0 Å². The fourth-order valence-electron chi connectivity index (χ4n) is 4.31. The molecule has 3 rings (SSSR count). The van der Waals surface area contributed by atoms with Gasteiger partial charge in [0, 0.05) is 0 Å². The highest BCUT2D eigenvalue weighted by molar-refractivity contribution is 7.82. The van der Waals surface area contributed by atoms with E-state index in [-0.39, 0.29) is 5.41 Å². The molecule has 0 saturated heterocycles. The number of benzene rings is 1. The Morgan fingerprint density at radius 3 is 2.46 bits per heavy atom. The van der Waals surface area contributed by atoms with E-state index in [0.29, 0.717) is 0 Å². The number of allylic oxidation sites excluding steroid dienone is 5. The van der Waals surface area contributed by atoms with Crippen LogP contribution in [0, 0.1) is 0 Å². The van der Waals surface area contributed by atoms with E-state index in [0.717, 1.165) is 16.9 Å². The third kappa shape index (κ3) is 2.45. The molecule has 0 aromatic heterocycles. The number of rotatable bonds is 1. The topological polar surface area (TPSA) is 0 Å². The summed E-state index contributed by atoms with van der Waals surface area (Å²) in [4.78, 5) is 0.940. The number of hydrogen-bond acceptors (Lipinski definition) is 1. The summed E-state index contributed by atoms with van der Waals surface area (Å²) in [6.45, 7) is 17.9. The zero-order chi connectivity index (χ0) is 17.8. The minimum Gasteiger partial charge on any atom is -0.0897 e. The van der Waals surface area contributed by atoms with E-state index in [1.54, 1.807) is 0 Å². The first-order valence-corrected chi connectivity index (χ1v) is 9.33. The molecule has 0 spiro atoms. The van der Waals surface area contributed by atoms with Crippen LogP contribution >= 0.6 is 12.2 Å². The highest BCUT2D eigenvalue weighted by atomic mass is 32.1. The molecule has 1 heteroatoms. The van der Waals surface area contributed by atoms with E-state index in [9.17, 15) is 0 Å². The van der Waals surface area contributed by atoms with Gasteiger partial charge in [-0.15, -0.1) is 0 Å². The van der Waals surface area contributed by atoms with Gasteiger partial charge in [-0.25, -0.2) is 0 Å². The summed E-state index contributed by atoms with van der Waals surface area (Å²) in [5, 5.41) is 0. The minimum atomic E-state index is 0.248. The smallest absolute Gasteiger partial charge is 0.0527 e. The van der Waals surface area contributed by atoms with Gasteiger partial charge in [-0.2, -0.15) is 0 Å². The zero-order valence-electron chi connectivity index (χ0n) is 15.9. The van der Waals surface area contributed by atoms with Crippen LogP contribution in [0.3, 0.4) is 0 Å². The molecule has 1 aromatic rings. The quantitative estimate of drug-likeness (QED) is 0.400. The van der Waals surface area contributed by atoms with Crippen LogP contribution in [0.25, 0.3) is 11.1 Å². The van der Waals surface area contributed by atoms with Crippen LogP contribution in [-0.2, 0) is 11.8 Å². The van der Waals surface area contributed by atoms with Crippen LogP contribution in [0.5, 0.6) is 0 Å². The molecule has 0 atom stereocenters. The zero-order valence-corrected chi connectivity index (χ0v) is 16.7. The van der Waals surface area contributed by atoms with E-state index >= 15 is 0 Å². The number of hydrogen-bond donors (Lipinski definition) is 0. The van der Waals surface area contributed by atoms with Crippen molar-refractivity contribution >= 4 is 28.2 Å². The predicted molar refractivity (Wildman–Crippen MR) is 111 cm³/mol. The van der Waals surface area contributed by atoms with Crippen LogP contribution in [-0.4, -0.2) is 4.86 Å². The molecule has 2 aliphatic carbocycles. The Kier molecular flexibility index (Phi) is 4.20. The second-order valence-electron chi connectivity index (χ2n) is 8.18. The molecule has 1 aromatic carbocycles. The van der Waals surface area contributed by atoms with Crippen LogP contribution in [0.2, 0.25) is 0 Å². The van der Waals surface area contributed by atoms with Gasteiger partial charge < -0.3 is 0 Å². The standard InChI is InChI=1S/C23H28S/c1-13(2)14(3)20-15(4)17-10-11-19-18(9-8-12-23(19,6)7)21(17)16(5)22(20)24/h10-11H,5,8-9,12H2,1-4,6-7H3. The van der Waals surface area contributed by atoms with Gasteiger partial charge in [0.2, 0.25) is 0 Å². The van der Waals surface area contributed by atoms with Crippen molar-refractivity contribution in [3.8, 4) is 0 Å². The Morgan fingerprint density at radius 1 is 1.17 bits per heavy atom. The van der Waals surface area contributed by atoms with Gasteiger partial charge >= 0.3 is 0 Å². The monoisotopic (exact) mass is 336 g/mol. The van der Waals surface area contributed by atoms with Crippen molar-refractivity contribution in [2.45, 2.75) is 66.2 Å². The number of thiocarbonyl (C=S) groups is 1. The number of fused-ring (bicyclic) bond motifs is 3. The maximum atomic E-state index is 5.87. The molecule has 0 unspecified atom stereocenters. The van der Waals surface area contributed by atoms with Crippen LogP contribution < -0.4 is 0 Å². The average Bonchev–Trinajstić information content (AvgIpc) is 2.51. The molecule has 0 heterocycles. The molecule has 0 N–H and O–H groups in total. The highest BCUT2D eigenvalue weighted by Crippen LogP contribution is 2.46. The lowest BCUT2D eigenvalue weighted by Crippen LogP contribution is -2.26. The first-order valence-electron chi connectivity index (χ1n) is 8.93. The Bertz CT molecular complexity index is 824. The normalized spacial score (nSPS) is 19.1. The fraction of sp³-hybridized carbons (Fsp3) is 0.435. The van der Waals surface area contributed by atoms with Crippen molar-refractivity contribution < 1.29 is 0 Å². The van der Waals surface area contributed by atoms with Gasteiger partial charge in [0.25, 0.3) is 0 Å². The van der Waals surface area contributed by atoms with Crippen molar-refractivity contribution in [1.29, 1.82) is 0 Å². The molecule has 2 aliphatic rings. The van der Waals surface area contributed by atoms with Crippen molar-refractivity contribution in [2.24, 2.45) is 0 Å². The summed E-state index contributed by atoms with van der Waals surface area (Å²) in [6, 6.07) is 4.66. The second kappa shape index (κ2) is 5.81. The summed E-state index contributed by atoms with van der Waals surface area (Å²) in [7, 11) is 0. The van der Waals surface area contributed by atoms with Crippen LogP contribution in [0.1, 0.15) is 76.6 Å². The Balaban J connectivity index is 2.34. The van der Waals surface area contributed by atoms with Gasteiger partial charge in [-0.3, -0.25) is 0 Å². The molecule has 0 bridgehead atoms. The summed E-state index contributed by atoms with van der Waals surface area (Å²) in [5.41, 5.74) is 12.1. The Hall–Kier alpha value is -1.47. The maximum Gasteiger partial charge on any atom is 0.0527 e. The fourth-order valence-corrected chi connectivity index (χ4v) is 4.72. The molecule has 0 fully saturated rings. The molecule has 0 nitrogen and oxygen atoms in total. The van der Waals surface area contributed by atoms with Crippen molar-refractivity contribution in [3.63, 3.8) is 0 Å². The lowest BCUT2D eigenvalue weighted by Gasteiger charge is -2.37. The van der Waals surface area contributed by atoms with E-state index in [4.69, 9.17) is 12.2 Å². The minimum absolute atomic E-state index is 0.248. The van der Waals surface area contributed by atoms with E-state index in [1.165, 1.54) is 57.4 Å². The van der Waals surface area contributed by atoms with Gasteiger partial charge in [-0.1, -0.05) is 50.4 Å². The van der Waals surface area contributed by atoms with E-state index in [2.05, 4.69) is 60.3 Å². The molecule has 0 saturated carbocycles. The third-order valence-corrected chi connectivity index (χ3v) is 6.43. The second-order valence-corrected chi connectivity index (χ2v) is 8.59. The molecule has 0 aliphatic heterocycles. The van der Waals surface area contributed by atoms with Crippen LogP contribution in [0.15, 0.2) is 35.4 Å². The van der Waals surface area contributed by atoms with Gasteiger partial charge in [0.15, 0.2) is 0 Å². The molecular formula is C23H28S. The largest absolute Gasteiger partial charge is 0.0897 e. The summed E-state index contributed by atoms with van der Waals surface area (Å²) >= 11 is 5.87. The van der Waals surface area contributed by atoms with Crippen molar-refractivity contribution in [1.82, 2.24) is 0 Å². The summed E-state index contributed by atoms with van der Waals surface area (Å²) < 4.78 is 0.